The molecular weight excluding hydrogens is 1040 g/mol. The van der Waals surface area contributed by atoms with Gasteiger partial charge in [-0.1, -0.05) is 186 Å². The molecule has 12 rings (SSSR count). The van der Waals surface area contributed by atoms with Gasteiger partial charge in [0.2, 0.25) is 0 Å². The summed E-state index contributed by atoms with van der Waals surface area (Å²) < 4.78 is 58.4. The van der Waals surface area contributed by atoms with Gasteiger partial charge in [-0.3, -0.25) is 4.57 Å². The van der Waals surface area contributed by atoms with Gasteiger partial charge in [0.05, 0.1) is 33.7 Å². The monoisotopic (exact) mass is 1110 g/mol. The van der Waals surface area contributed by atoms with Crippen LogP contribution in [0.2, 0.25) is 0 Å². The molecule has 1 aliphatic heterocycles. The van der Waals surface area contributed by atoms with E-state index in [1.165, 1.54) is 11.1 Å². The van der Waals surface area contributed by atoms with Gasteiger partial charge in [-0.2, -0.15) is 0 Å². The zero-order valence-electron chi connectivity index (χ0n) is 50.1. The largest absolute Gasteiger partial charge is 0.457 e. The van der Waals surface area contributed by atoms with Crippen LogP contribution in [0.25, 0.3) is 72.1 Å². The zero-order valence-corrected chi connectivity index (χ0v) is 50.1. The number of fused-ring (bicyclic) bond motifs is 4. The molecule has 0 radical (unpaired) electrons. The Balaban J connectivity index is 1.08. The van der Waals surface area contributed by atoms with Crippen LogP contribution in [0.15, 0.2) is 200 Å². The van der Waals surface area contributed by atoms with Crippen molar-refractivity contribution in [3.05, 3.63) is 240 Å². The van der Waals surface area contributed by atoms with Crippen molar-refractivity contribution < 1.29 is 17.9 Å². The molecule has 422 valence electrons. The number of hydrogen-bond acceptors (Lipinski definition) is 4. The lowest BCUT2D eigenvalue weighted by molar-refractivity contribution is 0.483. The minimum Gasteiger partial charge on any atom is -0.457 e. The highest BCUT2D eigenvalue weighted by Gasteiger charge is 2.35. The lowest BCUT2D eigenvalue weighted by Crippen LogP contribution is -2.25. The summed E-state index contributed by atoms with van der Waals surface area (Å²) >= 11 is 0. The maximum atomic E-state index is 16.9. The van der Waals surface area contributed by atoms with E-state index in [4.69, 9.17) is 9.72 Å². The van der Waals surface area contributed by atoms with E-state index in [9.17, 15) is 0 Å². The molecule has 3 heterocycles. The second-order valence-electron chi connectivity index (χ2n) is 26.6. The van der Waals surface area contributed by atoms with E-state index in [0.29, 0.717) is 22.7 Å². The van der Waals surface area contributed by atoms with Crippen LogP contribution in [0.3, 0.4) is 0 Å². The second-order valence-corrected chi connectivity index (χ2v) is 26.6. The van der Waals surface area contributed by atoms with Gasteiger partial charge < -0.3 is 14.5 Å². The summed E-state index contributed by atoms with van der Waals surface area (Å²) in [6, 6.07) is 64.3. The van der Waals surface area contributed by atoms with E-state index >= 15 is 13.2 Å². The molecule has 0 saturated carbocycles. The van der Waals surface area contributed by atoms with Crippen molar-refractivity contribution in [2.24, 2.45) is 0 Å². The van der Waals surface area contributed by atoms with Crippen LogP contribution in [0.5, 0.6) is 11.5 Å². The maximum absolute atomic E-state index is 16.9. The lowest BCUT2D eigenvalue weighted by Gasteiger charge is -2.30. The Labute approximate surface area is 492 Å². The Morgan fingerprint density at radius 2 is 1.01 bits per heavy atom. The van der Waals surface area contributed by atoms with Crippen LogP contribution in [0.1, 0.15) is 105 Å². The number of pyridine rings is 1. The number of nitrogens with zero attached hydrogens (tertiary/aromatic N) is 4. The zero-order chi connectivity index (χ0) is 59.2. The van der Waals surface area contributed by atoms with Gasteiger partial charge in [-0.15, -0.1) is 0 Å². The van der Waals surface area contributed by atoms with Gasteiger partial charge in [-0.25, -0.2) is 18.2 Å². The van der Waals surface area contributed by atoms with Crippen LogP contribution in [-0.2, 0) is 21.7 Å². The fourth-order valence-electron chi connectivity index (χ4n) is 12.0. The Kier molecular flexibility index (Phi) is 13.8. The molecule has 0 fully saturated rings. The van der Waals surface area contributed by atoms with E-state index in [1.54, 1.807) is 0 Å². The summed E-state index contributed by atoms with van der Waals surface area (Å²) in [7, 11) is 0. The molecular formula is C76H71F3N4O. The van der Waals surface area contributed by atoms with Crippen LogP contribution >= 0.6 is 0 Å². The molecule has 0 bridgehead atoms. The first-order chi connectivity index (χ1) is 39.9. The van der Waals surface area contributed by atoms with Crippen LogP contribution < -0.4 is 14.5 Å². The van der Waals surface area contributed by atoms with Crippen molar-refractivity contribution in [2.75, 3.05) is 16.5 Å². The molecule has 11 aromatic rings. The average molecular weight is 1110 g/mol. The Morgan fingerprint density at radius 3 is 1.69 bits per heavy atom. The summed E-state index contributed by atoms with van der Waals surface area (Å²) in [5, 5.41) is 2.20. The first-order valence-corrected chi connectivity index (χ1v) is 29.0. The number of ether oxygens (including phenoxy) is 1. The van der Waals surface area contributed by atoms with E-state index in [-0.39, 0.29) is 33.9 Å². The number of hydrogen-bond donors (Lipinski definition) is 0. The molecule has 2 aromatic heterocycles. The molecule has 9 aromatic carbocycles. The van der Waals surface area contributed by atoms with Gasteiger partial charge in [0, 0.05) is 58.0 Å². The molecule has 0 spiro atoms. The number of rotatable bonds is 9. The fourth-order valence-corrected chi connectivity index (χ4v) is 12.0. The summed E-state index contributed by atoms with van der Waals surface area (Å²) in [4.78, 5) is 9.37. The Bertz CT molecular complexity index is 4300. The predicted molar refractivity (Wildman–Crippen MR) is 344 cm³/mol. The third kappa shape index (κ3) is 10.4. The smallest absolute Gasteiger partial charge is 0.137 e. The lowest BCUT2D eigenvalue weighted by atomic mass is 9.78. The standard InChI is InChI=1S/C76H71F3N4O/c1-73(2,3)51-32-33-80-70(41-51)83-66-27-19-17-25-59(66)60-31-30-56(45-69(60)83)84-57-37-50(58-24-16-18-26-63(58)76(10,11)12)36-55(44-57)81-46-82(68-29-21-20-28-67(68)81)72-61(49-34-52(74(4,5)6)40-53(35-49)75(7,8)9)38-48(47-22-14-13-15-23-47)39-62(72)71-64(78)42-54(77)43-65(71)79/h13-45H,46H2,1-12H3. The first kappa shape index (κ1) is 55.6. The van der Waals surface area contributed by atoms with Crippen molar-refractivity contribution in [1.82, 2.24) is 9.55 Å². The quantitative estimate of drug-likeness (QED) is 0.144. The summed E-state index contributed by atoms with van der Waals surface area (Å²) in [5.74, 6) is -0.876. The molecule has 0 aliphatic carbocycles. The second kappa shape index (κ2) is 20.8. The predicted octanol–water partition coefficient (Wildman–Crippen LogP) is 21.5. The normalized spacial score (nSPS) is 13.1. The molecule has 0 amide bonds. The van der Waals surface area contributed by atoms with Crippen molar-refractivity contribution >= 4 is 44.6 Å². The Morgan fingerprint density at radius 1 is 0.417 bits per heavy atom. The first-order valence-electron chi connectivity index (χ1n) is 29.0. The minimum atomic E-state index is -0.992. The van der Waals surface area contributed by atoms with Crippen LogP contribution in [0, 0.1) is 17.5 Å². The van der Waals surface area contributed by atoms with Crippen LogP contribution in [0.4, 0.5) is 35.9 Å². The molecule has 0 unspecified atom stereocenters. The van der Waals surface area contributed by atoms with E-state index in [2.05, 4.69) is 225 Å². The van der Waals surface area contributed by atoms with E-state index in [0.717, 1.165) is 101 Å². The highest BCUT2D eigenvalue weighted by Crippen LogP contribution is 2.54. The molecule has 5 nitrogen and oxygen atoms in total. The maximum Gasteiger partial charge on any atom is 0.137 e. The van der Waals surface area contributed by atoms with Gasteiger partial charge in [0.15, 0.2) is 0 Å². The highest BCUT2D eigenvalue weighted by molar-refractivity contribution is 6.09. The number of aromatic nitrogens is 2. The van der Waals surface area contributed by atoms with Crippen molar-refractivity contribution in [3.63, 3.8) is 0 Å². The molecule has 0 N–H and O–H groups in total. The number of benzene rings is 9. The molecule has 8 heteroatoms. The molecule has 1 aliphatic rings. The minimum absolute atomic E-state index is 0.0871. The molecule has 0 saturated heterocycles. The van der Waals surface area contributed by atoms with Gasteiger partial charge >= 0.3 is 0 Å². The number of halogens is 3. The molecule has 0 atom stereocenters. The van der Waals surface area contributed by atoms with Crippen LogP contribution in [-0.4, -0.2) is 16.2 Å². The highest BCUT2D eigenvalue weighted by atomic mass is 19.1. The van der Waals surface area contributed by atoms with Crippen molar-refractivity contribution in [1.29, 1.82) is 0 Å². The Hall–Kier alpha value is -8.88. The van der Waals surface area contributed by atoms with Gasteiger partial charge in [0.25, 0.3) is 0 Å². The molecule has 84 heavy (non-hydrogen) atoms. The van der Waals surface area contributed by atoms with E-state index < -0.39 is 17.5 Å². The van der Waals surface area contributed by atoms with Gasteiger partial charge in [0.1, 0.15) is 41.4 Å². The number of anilines is 4. The topological polar surface area (TPSA) is 33.5 Å². The third-order valence-electron chi connectivity index (χ3n) is 16.5. The van der Waals surface area contributed by atoms with E-state index in [1.807, 2.05) is 60.8 Å². The van der Waals surface area contributed by atoms with Crippen molar-refractivity contribution in [3.8, 4) is 61.8 Å². The summed E-state index contributed by atoms with van der Waals surface area (Å²) in [6.45, 7) is 26.8. The van der Waals surface area contributed by atoms with Gasteiger partial charge in [-0.05, 0) is 138 Å². The van der Waals surface area contributed by atoms with Crippen molar-refractivity contribution in [2.45, 2.75) is 105 Å². The third-order valence-corrected chi connectivity index (χ3v) is 16.5. The fraction of sp³-hybridized carbons (Fsp3) is 0.224. The summed E-state index contributed by atoms with van der Waals surface area (Å²) in [5.41, 5.74) is 14.2. The summed E-state index contributed by atoms with van der Waals surface area (Å²) in [6.07, 6.45) is 1.89. The number of para-hydroxylation sites is 3. The average Bonchev–Trinajstić information content (AvgIpc) is 1.69. The SMILES string of the molecule is CC(C)(C)c1cc(-c2cc(-c3ccccc3)cc(-c3c(F)cc(F)cc3F)c2N2CN(c3cc(Oc4ccc5c6ccccc6n(-c6cc(C(C)(C)C)ccn6)c5c4)cc(-c4ccccc4C(C)(C)C)c3)c3ccccc32)cc(C(C)(C)C)c1.